The molecule has 1 aromatic heterocycles. The summed E-state index contributed by atoms with van der Waals surface area (Å²) in [5.41, 5.74) is 1.13. The van der Waals surface area contributed by atoms with Crippen molar-refractivity contribution in [2.45, 2.75) is 6.42 Å². The van der Waals surface area contributed by atoms with Crippen molar-refractivity contribution in [1.29, 1.82) is 0 Å². The zero-order valence-electron chi connectivity index (χ0n) is 9.46. The van der Waals surface area contributed by atoms with Crippen LogP contribution in [0.2, 0.25) is 10.0 Å². The van der Waals surface area contributed by atoms with Gasteiger partial charge in [-0.1, -0.05) is 35.3 Å². The van der Waals surface area contributed by atoms with E-state index in [1.54, 1.807) is 0 Å². The van der Waals surface area contributed by atoms with Gasteiger partial charge in [0.15, 0.2) is 11.6 Å². The predicted octanol–water partition coefficient (Wildman–Crippen LogP) is 4.18. The largest absolute Gasteiger partial charge is 0.367 e. The molecule has 0 atom stereocenters. The second-order valence-corrected chi connectivity index (χ2v) is 4.66. The Kier molecular flexibility index (Phi) is 4.39. The summed E-state index contributed by atoms with van der Waals surface area (Å²) in [6, 6.07) is 8.78. The molecule has 2 nitrogen and oxygen atoms in total. The number of nitrogens with zero attached hydrogens (tertiary/aromatic N) is 1. The van der Waals surface area contributed by atoms with E-state index in [4.69, 9.17) is 23.2 Å². The first-order valence-electron chi connectivity index (χ1n) is 5.44. The van der Waals surface area contributed by atoms with Crippen molar-refractivity contribution in [2.75, 3.05) is 11.9 Å². The van der Waals surface area contributed by atoms with E-state index in [0.29, 0.717) is 11.6 Å². The first kappa shape index (κ1) is 13.1. The van der Waals surface area contributed by atoms with Crippen LogP contribution in [-0.4, -0.2) is 11.5 Å². The number of aromatic nitrogens is 1. The Balaban J connectivity index is 1.90. The molecule has 0 aliphatic heterocycles. The van der Waals surface area contributed by atoms with Crippen molar-refractivity contribution in [2.24, 2.45) is 0 Å². The first-order chi connectivity index (χ1) is 8.65. The number of benzene rings is 1. The molecule has 1 heterocycles. The summed E-state index contributed by atoms with van der Waals surface area (Å²) in [5.74, 6) is -0.230. The summed E-state index contributed by atoms with van der Waals surface area (Å²) in [6.45, 7) is 0.590. The van der Waals surface area contributed by atoms with Gasteiger partial charge >= 0.3 is 0 Å². The molecule has 5 heteroatoms. The first-order valence-corrected chi connectivity index (χ1v) is 6.20. The van der Waals surface area contributed by atoms with Crippen LogP contribution in [0.5, 0.6) is 0 Å². The fraction of sp³-hybridized carbons (Fsp3) is 0.154. The maximum Gasteiger partial charge on any atom is 0.166 e. The van der Waals surface area contributed by atoms with Crippen LogP contribution in [0, 0.1) is 5.82 Å². The van der Waals surface area contributed by atoms with Crippen LogP contribution in [0.15, 0.2) is 36.5 Å². The molecule has 0 spiro atoms. The lowest BCUT2D eigenvalue weighted by atomic mass is 10.1. The van der Waals surface area contributed by atoms with Crippen LogP contribution in [-0.2, 0) is 6.42 Å². The summed E-state index contributed by atoms with van der Waals surface area (Å²) in [5, 5.41) is 3.92. The number of anilines is 1. The molecule has 0 amide bonds. The Morgan fingerprint density at radius 3 is 2.50 bits per heavy atom. The fourth-order valence-corrected chi connectivity index (χ4v) is 1.79. The lowest BCUT2D eigenvalue weighted by Gasteiger charge is -2.06. The standard InChI is InChI=1S/C13H11Cl2FN2/c14-10-3-1-9(2-4-10)5-6-17-13-12(16)7-11(15)8-18-13/h1-4,7-8H,5-6H2,(H,17,18). The van der Waals surface area contributed by atoms with E-state index in [-0.39, 0.29) is 10.8 Å². The van der Waals surface area contributed by atoms with Crippen molar-refractivity contribution < 1.29 is 4.39 Å². The molecule has 0 unspecified atom stereocenters. The molecule has 1 N–H and O–H groups in total. The highest BCUT2D eigenvalue weighted by molar-refractivity contribution is 6.30. The van der Waals surface area contributed by atoms with E-state index >= 15 is 0 Å². The van der Waals surface area contributed by atoms with Gasteiger partial charge in [0.05, 0.1) is 5.02 Å². The third-order valence-electron chi connectivity index (χ3n) is 2.43. The van der Waals surface area contributed by atoms with Gasteiger partial charge in [-0.3, -0.25) is 0 Å². The molecule has 0 bridgehead atoms. The molecular formula is C13H11Cl2FN2. The van der Waals surface area contributed by atoms with Crippen LogP contribution in [0.25, 0.3) is 0 Å². The van der Waals surface area contributed by atoms with Crippen molar-refractivity contribution in [1.82, 2.24) is 4.98 Å². The topological polar surface area (TPSA) is 24.9 Å². The van der Waals surface area contributed by atoms with Crippen LogP contribution in [0.1, 0.15) is 5.56 Å². The van der Waals surface area contributed by atoms with Crippen LogP contribution in [0.3, 0.4) is 0 Å². The van der Waals surface area contributed by atoms with Crippen LogP contribution in [0.4, 0.5) is 10.2 Å². The second-order valence-electron chi connectivity index (χ2n) is 3.79. The second kappa shape index (κ2) is 6.03. The average Bonchev–Trinajstić information content (AvgIpc) is 2.34. The summed E-state index contributed by atoms with van der Waals surface area (Å²) >= 11 is 11.4. The van der Waals surface area contributed by atoms with E-state index in [9.17, 15) is 4.39 Å². The number of hydrogen-bond donors (Lipinski definition) is 1. The predicted molar refractivity (Wildman–Crippen MR) is 72.9 cm³/mol. The normalized spacial score (nSPS) is 10.4. The Hall–Kier alpha value is -1.32. The van der Waals surface area contributed by atoms with E-state index in [1.807, 2.05) is 24.3 Å². The van der Waals surface area contributed by atoms with Gasteiger partial charge in [0.25, 0.3) is 0 Å². The number of nitrogens with one attached hydrogen (secondary N) is 1. The van der Waals surface area contributed by atoms with Gasteiger partial charge in [-0.25, -0.2) is 9.37 Å². The van der Waals surface area contributed by atoms with E-state index in [1.165, 1.54) is 12.3 Å². The highest BCUT2D eigenvalue weighted by atomic mass is 35.5. The summed E-state index contributed by atoms with van der Waals surface area (Å²) < 4.78 is 13.4. The zero-order valence-corrected chi connectivity index (χ0v) is 11.0. The number of hydrogen-bond acceptors (Lipinski definition) is 2. The molecule has 0 aliphatic carbocycles. The smallest absolute Gasteiger partial charge is 0.166 e. The minimum Gasteiger partial charge on any atom is -0.367 e. The van der Waals surface area contributed by atoms with Crippen molar-refractivity contribution in [3.8, 4) is 0 Å². The minimum absolute atomic E-state index is 0.216. The van der Waals surface area contributed by atoms with Gasteiger partial charge in [-0.15, -0.1) is 0 Å². The average molecular weight is 285 g/mol. The molecular weight excluding hydrogens is 274 g/mol. The van der Waals surface area contributed by atoms with E-state index in [0.717, 1.165) is 12.0 Å². The summed E-state index contributed by atoms with van der Waals surface area (Å²) in [7, 11) is 0. The number of halogens is 3. The lowest BCUT2D eigenvalue weighted by Crippen LogP contribution is -2.07. The number of rotatable bonds is 4. The Labute approximate surface area is 115 Å². The van der Waals surface area contributed by atoms with Gasteiger partial charge in [-0.05, 0) is 30.2 Å². The van der Waals surface area contributed by atoms with Crippen molar-refractivity contribution in [3.05, 3.63) is 58.0 Å². The van der Waals surface area contributed by atoms with Crippen LogP contribution < -0.4 is 5.32 Å². The highest BCUT2D eigenvalue weighted by Gasteiger charge is 2.03. The molecule has 0 saturated heterocycles. The molecule has 94 valence electrons. The van der Waals surface area contributed by atoms with Crippen molar-refractivity contribution >= 4 is 29.0 Å². The molecule has 0 saturated carbocycles. The van der Waals surface area contributed by atoms with Crippen LogP contribution >= 0.6 is 23.2 Å². The molecule has 2 rings (SSSR count). The van der Waals surface area contributed by atoms with E-state index < -0.39 is 5.82 Å². The fourth-order valence-electron chi connectivity index (χ4n) is 1.52. The van der Waals surface area contributed by atoms with Gasteiger partial charge in [0.2, 0.25) is 0 Å². The summed E-state index contributed by atoms with van der Waals surface area (Å²) in [6.07, 6.45) is 2.18. The third kappa shape index (κ3) is 3.59. The number of pyridine rings is 1. The highest BCUT2D eigenvalue weighted by Crippen LogP contribution is 2.15. The molecule has 0 fully saturated rings. The van der Waals surface area contributed by atoms with Crippen molar-refractivity contribution in [3.63, 3.8) is 0 Å². The van der Waals surface area contributed by atoms with Gasteiger partial charge in [0, 0.05) is 17.8 Å². The minimum atomic E-state index is -0.446. The van der Waals surface area contributed by atoms with E-state index in [2.05, 4.69) is 10.3 Å². The third-order valence-corrected chi connectivity index (χ3v) is 2.89. The zero-order chi connectivity index (χ0) is 13.0. The van der Waals surface area contributed by atoms with Gasteiger partial charge in [-0.2, -0.15) is 0 Å². The Morgan fingerprint density at radius 1 is 1.11 bits per heavy atom. The van der Waals surface area contributed by atoms with Gasteiger partial charge < -0.3 is 5.32 Å². The lowest BCUT2D eigenvalue weighted by molar-refractivity contribution is 0.624. The quantitative estimate of drug-likeness (QED) is 0.911. The Morgan fingerprint density at radius 2 is 1.83 bits per heavy atom. The molecule has 1 aromatic carbocycles. The SMILES string of the molecule is Fc1cc(Cl)cnc1NCCc1ccc(Cl)cc1. The molecule has 2 aromatic rings. The summed E-state index contributed by atoms with van der Waals surface area (Å²) in [4.78, 5) is 3.88. The maximum atomic E-state index is 13.4. The monoisotopic (exact) mass is 284 g/mol. The van der Waals surface area contributed by atoms with Gasteiger partial charge in [0.1, 0.15) is 0 Å². The molecule has 0 radical (unpaired) electrons. The maximum absolute atomic E-state index is 13.4. The molecule has 18 heavy (non-hydrogen) atoms. The molecule has 0 aliphatic rings. The Bertz CT molecular complexity index is 529.